The van der Waals surface area contributed by atoms with Gasteiger partial charge in [-0.2, -0.15) is 0 Å². The molecule has 0 spiro atoms. The zero-order valence-electron chi connectivity index (χ0n) is 5.90. The van der Waals surface area contributed by atoms with Gasteiger partial charge in [-0.3, -0.25) is 0 Å². The predicted octanol–water partition coefficient (Wildman–Crippen LogP) is 0.977. The van der Waals surface area contributed by atoms with Crippen molar-refractivity contribution in [2.45, 2.75) is 6.92 Å². The summed E-state index contributed by atoms with van der Waals surface area (Å²) in [6, 6.07) is 0. The SMILES string of the molecule is Cc1nc(N)c2ncsc2n1. The molecule has 0 aromatic carbocycles. The Kier molecular flexibility index (Phi) is 1.25. The smallest absolute Gasteiger partial charge is 0.154 e. The van der Waals surface area contributed by atoms with E-state index in [9.17, 15) is 0 Å². The summed E-state index contributed by atoms with van der Waals surface area (Å²) in [4.78, 5) is 13.0. The van der Waals surface area contributed by atoms with E-state index in [0.29, 0.717) is 17.2 Å². The molecule has 2 rings (SSSR count). The lowest BCUT2D eigenvalue weighted by molar-refractivity contribution is 1.10. The summed E-state index contributed by atoms with van der Waals surface area (Å²) < 4.78 is 0. The Bertz CT molecular complexity index is 394. The molecule has 0 aliphatic rings. The summed E-state index contributed by atoms with van der Waals surface area (Å²) in [5.41, 5.74) is 8.02. The summed E-state index contributed by atoms with van der Waals surface area (Å²) in [7, 11) is 0. The van der Waals surface area contributed by atoms with Crippen LogP contribution in [-0.2, 0) is 0 Å². The molecule has 2 aromatic rings. The molecule has 4 nitrogen and oxygen atoms in total. The van der Waals surface area contributed by atoms with Gasteiger partial charge in [-0.1, -0.05) is 0 Å². The Morgan fingerprint density at radius 2 is 2.27 bits per heavy atom. The molecule has 56 valence electrons. The molecule has 0 amide bonds. The first-order chi connectivity index (χ1) is 5.27. The van der Waals surface area contributed by atoms with Gasteiger partial charge in [0.2, 0.25) is 0 Å². The average molecular weight is 166 g/mol. The number of hydrogen-bond donors (Lipinski definition) is 1. The summed E-state index contributed by atoms with van der Waals surface area (Å²) >= 11 is 1.47. The number of nitrogen functional groups attached to an aromatic ring is 1. The summed E-state index contributed by atoms with van der Waals surface area (Å²) in [6.07, 6.45) is 0. The number of nitrogens with zero attached hydrogens (tertiary/aromatic N) is 3. The van der Waals surface area contributed by atoms with Crippen molar-refractivity contribution in [2.24, 2.45) is 0 Å². The van der Waals surface area contributed by atoms with Crippen molar-refractivity contribution in [1.82, 2.24) is 15.0 Å². The van der Waals surface area contributed by atoms with Crippen LogP contribution >= 0.6 is 11.3 Å². The minimum absolute atomic E-state index is 0.466. The van der Waals surface area contributed by atoms with E-state index >= 15 is 0 Å². The number of hydrogen-bond acceptors (Lipinski definition) is 5. The van der Waals surface area contributed by atoms with E-state index in [1.54, 1.807) is 5.51 Å². The molecule has 0 atom stereocenters. The Hall–Kier alpha value is -1.23. The van der Waals surface area contributed by atoms with Gasteiger partial charge in [0.1, 0.15) is 16.2 Å². The molecule has 2 aromatic heterocycles. The zero-order valence-corrected chi connectivity index (χ0v) is 6.72. The lowest BCUT2D eigenvalue weighted by Gasteiger charge is -1.94. The fourth-order valence-corrected chi connectivity index (χ4v) is 1.61. The fourth-order valence-electron chi connectivity index (χ4n) is 0.894. The maximum atomic E-state index is 5.59. The van der Waals surface area contributed by atoms with Crippen molar-refractivity contribution in [3.8, 4) is 0 Å². The van der Waals surface area contributed by atoms with E-state index in [1.807, 2.05) is 6.92 Å². The zero-order chi connectivity index (χ0) is 7.84. The number of nitrogens with two attached hydrogens (primary N) is 1. The fraction of sp³-hybridized carbons (Fsp3) is 0.167. The predicted molar refractivity (Wildman–Crippen MR) is 44.4 cm³/mol. The second-order valence-corrected chi connectivity index (χ2v) is 3.00. The molecule has 5 heteroatoms. The van der Waals surface area contributed by atoms with Crippen molar-refractivity contribution < 1.29 is 0 Å². The van der Waals surface area contributed by atoms with Gasteiger partial charge in [0, 0.05) is 0 Å². The monoisotopic (exact) mass is 166 g/mol. The highest BCUT2D eigenvalue weighted by Gasteiger charge is 2.03. The quantitative estimate of drug-likeness (QED) is 0.633. The van der Waals surface area contributed by atoms with Gasteiger partial charge in [-0.25, -0.2) is 15.0 Å². The first kappa shape index (κ1) is 6.48. The third-order valence-corrected chi connectivity index (χ3v) is 2.06. The Labute approximate surface area is 67.1 Å². The van der Waals surface area contributed by atoms with Crippen LogP contribution in [0.2, 0.25) is 0 Å². The molecular weight excluding hydrogens is 160 g/mol. The highest BCUT2D eigenvalue weighted by molar-refractivity contribution is 7.16. The van der Waals surface area contributed by atoms with Crippen molar-refractivity contribution in [2.75, 3.05) is 5.73 Å². The second-order valence-electron chi connectivity index (χ2n) is 2.16. The summed E-state index contributed by atoms with van der Waals surface area (Å²) in [6.45, 7) is 1.82. The molecule has 11 heavy (non-hydrogen) atoms. The van der Waals surface area contributed by atoms with E-state index in [2.05, 4.69) is 15.0 Å². The molecule has 2 heterocycles. The van der Waals surface area contributed by atoms with Crippen molar-refractivity contribution >= 4 is 27.5 Å². The minimum atomic E-state index is 0.466. The Balaban J connectivity index is 2.91. The Morgan fingerprint density at radius 3 is 3.09 bits per heavy atom. The van der Waals surface area contributed by atoms with Gasteiger partial charge >= 0.3 is 0 Å². The van der Waals surface area contributed by atoms with Crippen LogP contribution in [0.25, 0.3) is 10.3 Å². The summed E-state index contributed by atoms with van der Waals surface area (Å²) in [5.74, 6) is 1.16. The number of aryl methyl sites for hydroxylation is 1. The van der Waals surface area contributed by atoms with E-state index in [1.165, 1.54) is 11.3 Å². The third kappa shape index (κ3) is 0.932. The number of anilines is 1. The molecule has 0 fully saturated rings. The molecule has 0 saturated heterocycles. The molecule has 0 saturated carbocycles. The van der Waals surface area contributed by atoms with Crippen LogP contribution in [0.15, 0.2) is 5.51 Å². The van der Waals surface area contributed by atoms with E-state index in [0.717, 1.165) is 4.83 Å². The van der Waals surface area contributed by atoms with E-state index in [-0.39, 0.29) is 0 Å². The first-order valence-corrected chi connectivity index (χ1v) is 3.98. The maximum absolute atomic E-state index is 5.59. The van der Waals surface area contributed by atoms with Crippen LogP contribution in [0, 0.1) is 6.92 Å². The van der Waals surface area contributed by atoms with Crippen molar-refractivity contribution in [3.63, 3.8) is 0 Å². The summed E-state index contributed by atoms with van der Waals surface area (Å²) in [5, 5.41) is 0. The van der Waals surface area contributed by atoms with Gasteiger partial charge in [-0.15, -0.1) is 11.3 Å². The maximum Gasteiger partial charge on any atom is 0.154 e. The van der Waals surface area contributed by atoms with Gasteiger partial charge in [0.15, 0.2) is 5.82 Å². The van der Waals surface area contributed by atoms with Crippen LogP contribution in [0.4, 0.5) is 5.82 Å². The van der Waals surface area contributed by atoms with E-state index < -0.39 is 0 Å². The second kappa shape index (κ2) is 2.13. The number of thiazole rings is 1. The van der Waals surface area contributed by atoms with Gasteiger partial charge in [-0.05, 0) is 6.92 Å². The first-order valence-electron chi connectivity index (χ1n) is 3.10. The number of aromatic nitrogens is 3. The normalized spacial score (nSPS) is 10.6. The highest BCUT2D eigenvalue weighted by Crippen LogP contribution is 2.18. The van der Waals surface area contributed by atoms with Crippen LogP contribution in [0.3, 0.4) is 0 Å². The lowest BCUT2D eigenvalue weighted by atomic mass is 10.5. The molecule has 0 bridgehead atoms. The molecular formula is C6H6N4S. The molecule has 2 N–H and O–H groups in total. The standard InChI is InChI=1S/C6H6N4S/c1-3-9-5(7)4-6(10-3)11-2-8-4/h2H,1H3,(H2,7,9,10). The van der Waals surface area contributed by atoms with Gasteiger partial charge in [0.25, 0.3) is 0 Å². The van der Waals surface area contributed by atoms with Crippen molar-refractivity contribution in [1.29, 1.82) is 0 Å². The number of rotatable bonds is 0. The molecule has 0 unspecified atom stereocenters. The van der Waals surface area contributed by atoms with Crippen molar-refractivity contribution in [3.05, 3.63) is 11.3 Å². The van der Waals surface area contributed by atoms with Crippen LogP contribution in [0.5, 0.6) is 0 Å². The van der Waals surface area contributed by atoms with Gasteiger partial charge < -0.3 is 5.73 Å². The van der Waals surface area contributed by atoms with Crippen LogP contribution in [0.1, 0.15) is 5.82 Å². The van der Waals surface area contributed by atoms with Crippen LogP contribution < -0.4 is 5.73 Å². The van der Waals surface area contributed by atoms with Gasteiger partial charge in [0.05, 0.1) is 5.51 Å². The van der Waals surface area contributed by atoms with Crippen LogP contribution in [-0.4, -0.2) is 15.0 Å². The average Bonchev–Trinajstić information content (AvgIpc) is 2.34. The third-order valence-electron chi connectivity index (χ3n) is 1.34. The minimum Gasteiger partial charge on any atom is -0.382 e. The Morgan fingerprint density at radius 1 is 1.45 bits per heavy atom. The number of fused-ring (bicyclic) bond motifs is 1. The van der Waals surface area contributed by atoms with E-state index in [4.69, 9.17) is 5.73 Å². The highest BCUT2D eigenvalue weighted by atomic mass is 32.1. The molecule has 0 aliphatic heterocycles. The lowest BCUT2D eigenvalue weighted by Crippen LogP contribution is -1.95. The largest absolute Gasteiger partial charge is 0.382 e. The molecule has 0 radical (unpaired) electrons. The molecule has 0 aliphatic carbocycles. The topological polar surface area (TPSA) is 64.7 Å².